The maximum absolute atomic E-state index is 3.07. The van der Waals surface area contributed by atoms with Crippen LogP contribution in [0.1, 0.15) is 58.8 Å². The van der Waals surface area contributed by atoms with E-state index in [0.717, 1.165) is 17.5 Å². The summed E-state index contributed by atoms with van der Waals surface area (Å²) in [6, 6.07) is 0. The molecule has 0 bridgehead atoms. The van der Waals surface area contributed by atoms with Gasteiger partial charge in [-0.2, -0.15) is 0 Å². The molecule has 0 aliphatic heterocycles. The third kappa shape index (κ3) is 3.98. The highest BCUT2D eigenvalue weighted by Crippen LogP contribution is 2.48. The van der Waals surface area contributed by atoms with Crippen LogP contribution in [0.25, 0.3) is 0 Å². The van der Waals surface area contributed by atoms with Gasteiger partial charge in [0.25, 0.3) is 0 Å². The van der Waals surface area contributed by atoms with E-state index in [1.807, 2.05) is 0 Å². The van der Waals surface area contributed by atoms with Gasteiger partial charge in [-0.05, 0) is 30.3 Å². The molecule has 0 aromatic heterocycles. The molecule has 0 amide bonds. The quantitative estimate of drug-likeness (QED) is 0.539. The van der Waals surface area contributed by atoms with Crippen molar-refractivity contribution in [3.63, 3.8) is 0 Å². The number of unbranched alkanes of at least 4 members (excludes halogenated alkanes) is 2. The molecular weight excluding hydrogens is 175 g/mol. The summed E-state index contributed by atoms with van der Waals surface area (Å²) in [4.78, 5) is 0. The van der Waals surface area contributed by atoms with Crippen molar-refractivity contribution in [1.29, 1.82) is 0 Å². The van der Waals surface area contributed by atoms with Crippen LogP contribution in [-0.2, 0) is 0 Å². The molecule has 1 fully saturated rings. The second-order valence-electron chi connectivity index (χ2n) is 4.61. The largest absolute Gasteiger partial charge is 0.134 e. The van der Waals surface area contributed by atoms with Gasteiger partial charge in [0.1, 0.15) is 0 Å². The molecule has 0 aromatic carbocycles. The van der Waals surface area contributed by atoms with Crippen molar-refractivity contribution < 1.29 is 0 Å². The van der Waals surface area contributed by atoms with E-state index in [1.165, 1.54) is 44.9 Å². The summed E-state index contributed by atoms with van der Waals surface area (Å²) in [7, 11) is 3.07. The molecule has 1 aliphatic carbocycles. The lowest BCUT2D eigenvalue weighted by atomic mass is 10.1. The Hall–Kier alpha value is 0.430. The van der Waals surface area contributed by atoms with E-state index in [2.05, 4.69) is 23.1 Å². The fraction of sp³-hybridized carbons (Fsp3) is 1.00. The summed E-state index contributed by atoms with van der Waals surface area (Å²) in [5, 5.41) is 0. The van der Waals surface area contributed by atoms with Crippen LogP contribution in [0.3, 0.4) is 0 Å². The molecule has 13 heavy (non-hydrogen) atoms. The SMILES string of the molecule is CCCCC(P)[C@H]1CC1CCCC. The van der Waals surface area contributed by atoms with Crippen LogP contribution < -0.4 is 0 Å². The zero-order valence-corrected chi connectivity index (χ0v) is 10.4. The van der Waals surface area contributed by atoms with Gasteiger partial charge < -0.3 is 0 Å². The third-order valence-electron chi connectivity index (χ3n) is 3.35. The topological polar surface area (TPSA) is 0 Å². The lowest BCUT2D eigenvalue weighted by Crippen LogP contribution is -2.02. The molecule has 0 nitrogen and oxygen atoms in total. The molecular formula is C12H25P. The monoisotopic (exact) mass is 200 g/mol. The Bertz CT molecular complexity index is 133. The predicted octanol–water partition coefficient (Wildman–Crippen LogP) is 4.25. The van der Waals surface area contributed by atoms with Crippen LogP contribution in [0.2, 0.25) is 0 Å². The summed E-state index contributed by atoms with van der Waals surface area (Å²) < 4.78 is 0. The molecule has 0 spiro atoms. The fourth-order valence-electron chi connectivity index (χ4n) is 2.25. The normalized spacial score (nSPS) is 28.8. The van der Waals surface area contributed by atoms with E-state index < -0.39 is 0 Å². The molecule has 1 heteroatoms. The first kappa shape index (κ1) is 11.5. The van der Waals surface area contributed by atoms with Crippen LogP contribution in [-0.4, -0.2) is 5.66 Å². The van der Waals surface area contributed by atoms with Crippen molar-refractivity contribution in [3.8, 4) is 0 Å². The van der Waals surface area contributed by atoms with E-state index >= 15 is 0 Å². The number of hydrogen-bond donors (Lipinski definition) is 0. The summed E-state index contributed by atoms with van der Waals surface area (Å²) in [6.07, 6.45) is 10.1. The van der Waals surface area contributed by atoms with Gasteiger partial charge in [-0.25, -0.2) is 0 Å². The summed E-state index contributed by atoms with van der Waals surface area (Å²) in [6.45, 7) is 4.59. The second kappa shape index (κ2) is 6.02. The number of rotatable bonds is 7. The molecule has 0 saturated heterocycles. The standard InChI is InChI=1S/C12H25P/c1-3-5-7-10-9-11(10)12(13)8-6-4-2/h10-12H,3-9,13H2,1-2H3/t10?,11-,12?/m0/s1. The number of hydrogen-bond acceptors (Lipinski definition) is 0. The van der Waals surface area contributed by atoms with Crippen LogP contribution >= 0.6 is 9.24 Å². The lowest BCUT2D eigenvalue weighted by Gasteiger charge is -2.09. The molecule has 0 radical (unpaired) electrons. The maximum atomic E-state index is 3.07. The Labute approximate surface area is 86.1 Å². The maximum Gasteiger partial charge on any atom is -0.0233 e. The second-order valence-corrected chi connectivity index (χ2v) is 5.46. The molecule has 1 aliphatic rings. The van der Waals surface area contributed by atoms with Crippen molar-refractivity contribution >= 4 is 9.24 Å². The van der Waals surface area contributed by atoms with Crippen LogP contribution in [0.5, 0.6) is 0 Å². The van der Waals surface area contributed by atoms with Gasteiger partial charge in [0.2, 0.25) is 0 Å². The zero-order valence-electron chi connectivity index (χ0n) is 9.26. The molecule has 1 rings (SSSR count). The van der Waals surface area contributed by atoms with Gasteiger partial charge in [0.05, 0.1) is 0 Å². The van der Waals surface area contributed by atoms with Gasteiger partial charge in [0, 0.05) is 0 Å². The Kier molecular flexibility index (Phi) is 5.32. The smallest absolute Gasteiger partial charge is 0.0233 e. The molecule has 4 atom stereocenters. The fourth-order valence-corrected chi connectivity index (χ4v) is 2.95. The minimum Gasteiger partial charge on any atom is -0.134 e. The molecule has 0 N–H and O–H groups in total. The van der Waals surface area contributed by atoms with Crippen LogP contribution in [0, 0.1) is 11.8 Å². The lowest BCUT2D eigenvalue weighted by molar-refractivity contribution is 0.559. The molecule has 0 aromatic rings. The first-order valence-corrected chi connectivity index (χ1v) is 6.71. The molecule has 78 valence electrons. The third-order valence-corrected chi connectivity index (χ3v) is 4.17. The van der Waals surface area contributed by atoms with Gasteiger partial charge in [0.15, 0.2) is 0 Å². The van der Waals surface area contributed by atoms with Gasteiger partial charge in [-0.15, -0.1) is 9.24 Å². The highest BCUT2D eigenvalue weighted by Gasteiger charge is 2.39. The van der Waals surface area contributed by atoms with Crippen molar-refractivity contribution in [2.24, 2.45) is 11.8 Å². The predicted molar refractivity (Wildman–Crippen MR) is 64.1 cm³/mol. The van der Waals surface area contributed by atoms with Gasteiger partial charge in [-0.1, -0.05) is 46.0 Å². The van der Waals surface area contributed by atoms with E-state index in [4.69, 9.17) is 0 Å². The summed E-state index contributed by atoms with van der Waals surface area (Å²) in [5.41, 5.74) is 0.932. The molecule has 0 heterocycles. The van der Waals surface area contributed by atoms with Gasteiger partial charge in [-0.3, -0.25) is 0 Å². The van der Waals surface area contributed by atoms with Crippen molar-refractivity contribution in [2.45, 2.75) is 64.5 Å². The van der Waals surface area contributed by atoms with E-state index in [0.29, 0.717) is 0 Å². The Balaban J connectivity index is 2.03. The van der Waals surface area contributed by atoms with Gasteiger partial charge >= 0.3 is 0 Å². The van der Waals surface area contributed by atoms with E-state index in [1.54, 1.807) is 0 Å². The summed E-state index contributed by atoms with van der Waals surface area (Å²) in [5.74, 6) is 2.17. The minimum atomic E-state index is 0.932. The Morgan fingerprint density at radius 1 is 1.23 bits per heavy atom. The Morgan fingerprint density at radius 2 is 1.92 bits per heavy atom. The van der Waals surface area contributed by atoms with E-state index in [-0.39, 0.29) is 0 Å². The van der Waals surface area contributed by atoms with Crippen LogP contribution in [0.4, 0.5) is 0 Å². The Morgan fingerprint density at radius 3 is 2.54 bits per heavy atom. The summed E-state index contributed by atoms with van der Waals surface area (Å²) >= 11 is 0. The van der Waals surface area contributed by atoms with E-state index in [9.17, 15) is 0 Å². The van der Waals surface area contributed by atoms with Crippen molar-refractivity contribution in [2.75, 3.05) is 0 Å². The average molecular weight is 200 g/mol. The highest BCUT2D eigenvalue weighted by molar-refractivity contribution is 7.17. The minimum absolute atomic E-state index is 0.932. The van der Waals surface area contributed by atoms with Crippen molar-refractivity contribution in [3.05, 3.63) is 0 Å². The molecule has 1 saturated carbocycles. The zero-order chi connectivity index (χ0) is 9.68. The highest BCUT2D eigenvalue weighted by atomic mass is 31.0. The van der Waals surface area contributed by atoms with Crippen molar-refractivity contribution in [1.82, 2.24) is 0 Å². The first-order chi connectivity index (χ1) is 6.29. The first-order valence-electron chi connectivity index (χ1n) is 6.05. The van der Waals surface area contributed by atoms with Crippen LogP contribution in [0.15, 0.2) is 0 Å². The average Bonchev–Trinajstić information content (AvgIpc) is 2.90. The molecule has 3 unspecified atom stereocenters.